The Morgan fingerprint density at radius 3 is 2.37 bits per heavy atom. The van der Waals surface area contributed by atoms with Crippen LogP contribution in [0.15, 0.2) is 18.2 Å². The van der Waals surface area contributed by atoms with Crippen molar-refractivity contribution in [1.82, 2.24) is 5.43 Å². The van der Waals surface area contributed by atoms with Crippen LogP contribution in [0.1, 0.15) is 42.0 Å². The monoisotopic (exact) mass is 282 g/mol. The van der Waals surface area contributed by atoms with Gasteiger partial charge in [0, 0.05) is 0 Å². The summed E-state index contributed by atoms with van der Waals surface area (Å²) in [5, 5.41) is -0.410. The number of sulfone groups is 1. The summed E-state index contributed by atoms with van der Waals surface area (Å²) in [5.74, 6) is 5.92. The van der Waals surface area contributed by atoms with Gasteiger partial charge in [0.15, 0.2) is 9.84 Å². The third-order valence-corrected chi connectivity index (χ3v) is 6.07. The Morgan fingerprint density at radius 1 is 1.21 bits per heavy atom. The molecular formula is C14H22N2O2S. The molecule has 0 amide bonds. The second-order valence-electron chi connectivity index (χ2n) is 5.47. The molecule has 19 heavy (non-hydrogen) atoms. The van der Waals surface area contributed by atoms with Gasteiger partial charge < -0.3 is 0 Å². The maximum atomic E-state index is 12.2. The molecule has 1 aromatic carbocycles. The number of benzene rings is 1. The smallest absolute Gasteiger partial charge is 0.155 e. The minimum atomic E-state index is -3.05. The van der Waals surface area contributed by atoms with E-state index in [4.69, 9.17) is 5.84 Å². The van der Waals surface area contributed by atoms with Gasteiger partial charge in [0.2, 0.25) is 0 Å². The van der Waals surface area contributed by atoms with Crippen LogP contribution in [0.4, 0.5) is 0 Å². The number of hydrogen-bond acceptors (Lipinski definition) is 4. The van der Waals surface area contributed by atoms with Crippen LogP contribution >= 0.6 is 0 Å². The van der Waals surface area contributed by atoms with Gasteiger partial charge in [-0.2, -0.15) is 0 Å². The highest BCUT2D eigenvalue weighted by Gasteiger charge is 2.35. The normalized spacial score (nSPS) is 24.1. The average molecular weight is 282 g/mol. The minimum Gasteiger partial charge on any atom is -0.271 e. The van der Waals surface area contributed by atoms with Crippen molar-refractivity contribution in [2.75, 3.05) is 5.75 Å². The molecule has 0 aromatic heterocycles. The third-order valence-electron chi connectivity index (χ3n) is 3.78. The second-order valence-corrected chi connectivity index (χ2v) is 7.81. The van der Waals surface area contributed by atoms with Crippen LogP contribution < -0.4 is 11.3 Å². The van der Waals surface area contributed by atoms with Crippen molar-refractivity contribution in [2.45, 2.75) is 44.4 Å². The summed E-state index contributed by atoms with van der Waals surface area (Å²) in [5.41, 5.74) is 5.94. The molecule has 2 rings (SSSR count). The van der Waals surface area contributed by atoms with Crippen LogP contribution in [-0.2, 0) is 9.84 Å². The van der Waals surface area contributed by atoms with Gasteiger partial charge in [-0.3, -0.25) is 11.3 Å². The van der Waals surface area contributed by atoms with Crippen molar-refractivity contribution in [3.05, 3.63) is 34.9 Å². The Bertz CT molecular complexity index is 534. The Morgan fingerprint density at radius 2 is 1.84 bits per heavy atom. The zero-order valence-electron chi connectivity index (χ0n) is 11.5. The first kappa shape index (κ1) is 14.5. The molecule has 0 saturated carbocycles. The van der Waals surface area contributed by atoms with E-state index in [0.29, 0.717) is 6.42 Å². The molecular weight excluding hydrogens is 260 g/mol. The second kappa shape index (κ2) is 5.61. The molecule has 1 saturated heterocycles. The molecule has 1 fully saturated rings. The molecule has 4 nitrogen and oxygen atoms in total. The molecule has 0 radical (unpaired) electrons. The van der Waals surface area contributed by atoms with E-state index in [1.165, 1.54) is 0 Å². The van der Waals surface area contributed by atoms with E-state index in [1.54, 1.807) is 0 Å². The van der Waals surface area contributed by atoms with E-state index in [1.807, 2.05) is 26.0 Å². The predicted molar refractivity (Wildman–Crippen MR) is 77.4 cm³/mol. The molecule has 1 heterocycles. The van der Waals surface area contributed by atoms with Crippen molar-refractivity contribution < 1.29 is 8.42 Å². The lowest BCUT2D eigenvalue weighted by molar-refractivity contribution is 0.453. The quantitative estimate of drug-likeness (QED) is 0.655. The number of nitrogens with two attached hydrogens (primary N) is 1. The highest BCUT2D eigenvalue weighted by molar-refractivity contribution is 7.92. The first-order valence-corrected chi connectivity index (χ1v) is 8.41. The van der Waals surface area contributed by atoms with Gasteiger partial charge >= 0.3 is 0 Å². The van der Waals surface area contributed by atoms with E-state index in [2.05, 4.69) is 11.5 Å². The van der Waals surface area contributed by atoms with Gasteiger partial charge in [-0.1, -0.05) is 35.7 Å². The maximum Gasteiger partial charge on any atom is 0.155 e. The number of nitrogens with one attached hydrogen (secondary N) is 1. The summed E-state index contributed by atoms with van der Waals surface area (Å²) >= 11 is 0. The molecule has 2 unspecified atom stereocenters. The summed E-state index contributed by atoms with van der Waals surface area (Å²) in [4.78, 5) is 0. The van der Waals surface area contributed by atoms with E-state index in [-0.39, 0.29) is 11.8 Å². The summed E-state index contributed by atoms with van der Waals surface area (Å²) in [7, 11) is -3.05. The van der Waals surface area contributed by atoms with Crippen LogP contribution in [-0.4, -0.2) is 19.4 Å². The number of hydrogen-bond donors (Lipinski definition) is 2. The Balaban J connectivity index is 2.38. The van der Waals surface area contributed by atoms with Crippen LogP contribution in [0.3, 0.4) is 0 Å². The Kier molecular flexibility index (Phi) is 4.28. The molecule has 5 heteroatoms. The van der Waals surface area contributed by atoms with Crippen molar-refractivity contribution in [3.63, 3.8) is 0 Å². The molecule has 0 bridgehead atoms. The molecule has 1 aliphatic rings. The topological polar surface area (TPSA) is 72.2 Å². The van der Waals surface area contributed by atoms with Gasteiger partial charge in [0.1, 0.15) is 0 Å². The van der Waals surface area contributed by atoms with Gasteiger partial charge in [0.05, 0.1) is 17.0 Å². The molecule has 2 atom stereocenters. The van der Waals surface area contributed by atoms with Crippen molar-refractivity contribution >= 4 is 9.84 Å². The van der Waals surface area contributed by atoms with Gasteiger partial charge in [-0.15, -0.1) is 0 Å². The lowest BCUT2D eigenvalue weighted by Gasteiger charge is -2.30. The van der Waals surface area contributed by atoms with Crippen LogP contribution in [0, 0.1) is 13.8 Å². The highest BCUT2D eigenvalue weighted by Crippen LogP contribution is 2.31. The first-order valence-electron chi connectivity index (χ1n) is 6.70. The number of aryl methyl sites for hydroxylation is 2. The Hall–Kier alpha value is -0.910. The zero-order valence-corrected chi connectivity index (χ0v) is 12.3. The third kappa shape index (κ3) is 3.16. The first-order chi connectivity index (χ1) is 8.94. The highest BCUT2D eigenvalue weighted by atomic mass is 32.2. The molecule has 106 valence electrons. The van der Waals surface area contributed by atoms with Crippen LogP contribution in [0.2, 0.25) is 0 Å². The van der Waals surface area contributed by atoms with Crippen LogP contribution in [0.25, 0.3) is 0 Å². The minimum absolute atomic E-state index is 0.278. The van der Waals surface area contributed by atoms with E-state index >= 15 is 0 Å². The fourth-order valence-corrected chi connectivity index (χ4v) is 5.05. The molecule has 0 aliphatic carbocycles. The van der Waals surface area contributed by atoms with Gasteiger partial charge in [-0.25, -0.2) is 8.42 Å². The summed E-state index contributed by atoms with van der Waals surface area (Å²) in [6.07, 6.45) is 2.40. The summed E-state index contributed by atoms with van der Waals surface area (Å²) in [6.45, 7) is 4.03. The molecule has 1 aliphatic heterocycles. The van der Waals surface area contributed by atoms with E-state index in [9.17, 15) is 8.42 Å². The molecule has 1 aromatic rings. The fourth-order valence-electron chi connectivity index (χ4n) is 2.96. The van der Waals surface area contributed by atoms with E-state index in [0.717, 1.165) is 29.5 Å². The Labute approximate surface area is 115 Å². The van der Waals surface area contributed by atoms with Gasteiger partial charge in [0.25, 0.3) is 0 Å². The molecule has 3 N–H and O–H groups in total. The van der Waals surface area contributed by atoms with Gasteiger partial charge in [-0.05, 0) is 32.3 Å². The summed E-state index contributed by atoms with van der Waals surface area (Å²) < 4.78 is 24.5. The predicted octanol–water partition coefficient (Wildman–Crippen LogP) is 1.78. The summed E-state index contributed by atoms with van der Waals surface area (Å²) in [6, 6.07) is 5.79. The molecule has 0 spiro atoms. The lowest BCUT2D eigenvalue weighted by atomic mass is 9.97. The average Bonchev–Trinajstić information content (AvgIpc) is 2.30. The lowest BCUT2D eigenvalue weighted by Crippen LogP contribution is -2.43. The van der Waals surface area contributed by atoms with Crippen molar-refractivity contribution in [3.8, 4) is 0 Å². The number of hydrazine groups is 1. The largest absolute Gasteiger partial charge is 0.271 e. The zero-order chi connectivity index (χ0) is 14.0. The van der Waals surface area contributed by atoms with E-state index < -0.39 is 15.1 Å². The van der Waals surface area contributed by atoms with Crippen molar-refractivity contribution in [1.29, 1.82) is 0 Å². The maximum absolute atomic E-state index is 12.2. The standard InChI is InChI=1S/C14H22N2O2S/c1-10-7-11(2)9-12(8-10)14(16-15)13-5-3-4-6-19(13,17)18/h7-9,13-14,16H,3-6,15H2,1-2H3. The fraction of sp³-hybridized carbons (Fsp3) is 0.571. The van der Waals surface area contributed by atoms with Crippen molar-refractivity contribution in [2.24, 2.45) is 5.84 Å². The SMILES string of the molecule is Cc1cc(C)cc(C(NN)C2CCCCS2(=O)=O)c1. The number of rotatable bonds is 3. The van der Waals surface area contributed by atoms with Crippen LogP contribution in [0.5, 0.6) is 0 Å².